The molecule has 1 aromatic carbocycles. The van der Waals surface area contributed by atoms with Gasteiger partial charge in [-0.05, 0) is 43.7 Å². The Morgan fingerprint density at radius 1 is 1.12 bits per heavy atom. The summed E-state index contributed by atoms with van der Waals surface area (Å²) < 4.78 is 32.0. The van der Waals surface area contributed by atoms with E-state index in [9.17, 15) is 8.42 Å². The minimum atomic E-state index is -3.49. The van der Waals surface area contributed by atoms with Gasteiger partial charge < -0.3 is 4.42 Å². The Morgan fingerprint density at radius 3 is 2.54 bits per heavy atom. The fraction of sp³-hybridized carbons (Fsp3) is 0.412. The maximum atomic E-state index is 12.5. The summed E-state index contributed by atoms with van der Waals surface area (Å²) in [6, 6.07) is 11.0. The van der Waals surface area contributed by atoms with E-state index in [4.69, 9.17) is 16.0 Å². The lowest BCUT2D eigenvalue weighted by molar-refractivity contribution is 0.273. The molecule has 0 saturated carbocycles. The predicted molar refractivity (Wildman–Crippen MR) is 93.3 cm³/mol. The lowest BCUT2D eigenvalue weighted by atomic mass is 10.2. The average molecular weight is 369 g/mol. The third kappa shape index (κ3) is 3.83. The zero-order chi connectivity index (χ0) is 17.2. The van der Waals surface area contributed by atoms with E-state index in [0.29, 0.717) is 31.9 Å². The zero-order valence-electron chi connectivity index (χ0n) is 13.6. The van der Waals surface area contributed by atoms with Gasteiger partial charge in [-0.2, -0.15) is 4.31 Å². The molecule has 0 aliphatic carbocycles. The molecule has 2 heterocycles. The number of rotatable bonds is 6. The van der Waals surface area contributed by atoms with Crippen molar-refractivity contribution in [2.45, 2.75) is 31.0 Å². The monoisotopic (exact) mass is 368 g/mol. The van der Waals surface area contributed by atoms with Crippen LogP contribution in [0.4, 0.5) is 0 Å². The van der Waals surface area contributed by atoms with Crippen LogP contribution in [0.15, 0.2) is 45.9 Å². The number of nitrogens with zero attached hydrogens (tertiary/aromatic N) is 2. The van der Waals surface area contributed by atoms with Gasteiger partial charge >= 0.3 is 0 Å². The molecular formula is C17H21ClN2O3S. The van der Waals surface area contributed by atoms with Crippen molar-refractivity contribution in [1.29, 1.82) is 0 Å². The summed E-state index contributed by atoms with van der Waals surface area (Å²) in [6.45, 7) is 2.32. The van der Waals surface area contributed by atoms with E-state index in [2.05, 4.69) is 0 Å². The highest BCUT2D eigenvalue weighted by Crippen LogP contribution is 2.24. The van der Waals surface area contributed by atoms with Gasteiger partial charge in [0.2, 0.25) is 5.09 Å². The van der Waals surface area contributed by atoms with Crippen molar-refractivity contribution in [3.05, 3.63) is 52.7 Å². The average Bonchev–Trinajstić information content (AvgIpc) is 3.21. The van der Waals surface area contributed by atoms with Crippen molar-refractivity contribution >= 4 is 21.6 Å². The molecule has 1 saturated heterocycles. The van der Waals surface area contributed by atoms with Crippen LogP contribution in [0.2, 0.25) is 5.02 Å². The summed E-state index contributed by atoms with van der Waals surface area (Å²) in [4.78, 5) is 2.03. The Morgan fingerprint density at radius 2 is 1.83 bits per heavy atom. The summed E-state index contributed by atoms with van der Waals surface area (Å²) >= 11 is 6.17. The number of halogens is 1. The van der Waals surface area contributed by atoms with Crippen LogP contribution < -0.4 is 0 Å². The van der Waals surface area contributed by atoms with E-state index < -0.39 is 10.0 Å². The first-order valence-electron chi connectivity index (χ1n) is 7.97. The molecule has 0 atom stereocenters. The molecule has 5 nitrogen and oxygen atoms in total. The third-order valence-electron chi connectivity index (χ3n) is 4.12. The maximum absolute atomic E-state index is 12.5. The lowest BCUT2D eigenvalue weighted by Gasteiger charge is -2.16. The number of hydrogen-bond donors (Lipinski definition) is 0. The number of sulfonamides is 1. The largest absolute Gasteiger partial charge is 0.447 e. The van der Waals surface area contributed by atoms with Gasteiger partial charge in [0.25, 0.3) is 10.0 Å². The van der Waals surface area contributed by atoms with Gasteiger partial charge in [0.05, 0.1) is 6.54 Å². The number of hydrogen-bond acceptors (Lipinski definition) is 4. The van der Waals surface area contributed by atoms with Gasteiger partial charge in [-0.15, -0.1) is 0 Å². The molecule has 1 fully saturated rings. The highest BCUT2D eigenvalue weighted by Gasteiger charge is 2.30. The standard InChI is InChI=1S/C17H21ClN2O3S/c1-19(12-14-6-2-3-7-16(14)18)13-15-8-9-17(23-15)24(21,22)20-10-4-5-11-20/h2-3,6-9H,4-5,10-13H2,1H3. The van der Waals surface area contributed by atoms with Gasteiger partial charge in [-0.25, -0.2) is 8.42 Å². The molecule has 0 unspecified atom stereocenters. The Bertz CT molecular complexity index is 798. The van der Waals surface area contributed by atoms with Gasteiger partial charge in [0.1, 0.15) is 5.76 Å². The fourth-order valence-corrected chi connectivity index (χ4v) is 4.52. The van der Waals surface area contributed by atoms with Gasteiger partial charge in [0.15, 0.2) is 0 Å². The molecule has 130 valence electrons. The van der Waals surface area contributed by atoms with Gasteiger partial charge in [0, 0.05) is 24.7 Å². The SMILES string of the molecule is CN(Cc1ccc(S(=O)(=O)N2CCCC2)o1)Cc1ccccc1Cl. The summed E-state index contributed by atoms with van der Waals surface area (Å²) in [6.07, 6.45) is 1.82. The summed E-state index contributed by atoms with van der Waals surface area (Å²) in [5.41, 5.74) is 1.03. The highest BCUT2D eigenvalue weighted by atomic mass is 35.5. The summed E-state index contributed by atoms with van der Waals surface area (Å²) in [5, 5.41) is 0.756. The minimum Gasteiger partial charge on any atom is -0.447 e. The Kier molecular flexibility index (Phi) is 5.30. The van der Waals surface area contributed by atoms with Crippen LogP contribution in [0, 0.1) is 0 Å². The Balaban J connectivity index is 1.66. The van der Waals surface area contributed by atoms with Gasteiger partial charge in [-0.3, -0.25) is 4.90 Å². The van der Waals surface area contributed by atoms with Crippen LogP contribution in [-0.2, 0) is 23.1 Å². The van der Waals surface area contributed by atoms with E-state index in [1.165, 1.54) is 4.31 Å². The molecule has 3 rings (SSSR count). The minimum absolute atomic E-state index is 0.0329. The maximum Gasteiger partial charge on any atom is 0.276 e. The first-order valence-corrected chi connectivity index (χ1v) is 9.79. The molecule has 0 spiro atoms. The molecule has 1 aliphatic rings. The van der Waals surface area contributed by atoms with Crippen LogP contribution >= 0.6 is 11.6 Å². The third-order valence-corrected chi connectivity index (χ3v) is 6.26. The molecule has 0 N–H and O–H groups in total. The molecule has 1 aromatic heterocycles. The second-order valence-electron chi connectivity index (χ2n) is 6.10. The topological polar surface area (TPSA) is 53.8 Å². The molecular weight excluding hydrogens is 348 g/mol. The quantitative estimate of drug-likeness (QED) is 0.784. The first-order chi connectivity index (χ1) is 11.5. The first kappa shape index (κ1) is 17.5. The normalized spacial score (nSPS) is 16.1. The second kappa shape index (κ2) is 7.27. The Labute approximate surface area is 147 Å². The summed E-state index contributed by atoms with van der Waals surface area (Å²) in [5.74, 6) is 0.627. The molecule has 0 bridgehead atoms. The van der Waals surface area contributed by atoms with Crippen LogP contribution in [0.25, 0.3) is 0 Å². The van der Waals surface area contributed by atoms with E-state index in [1.54, 1.807) is 12.1 Å². The van der Waals surface area contributed by atoms with Crippen molar-refractivity contribution in [2.24, 2.45) is 0 Å². The smallest absolute Gasteiger partial charge is 0.276 e. The van der Waals surface area contributed by atoms with Crippen LogP contribution in [0.5, 0.6) is 0 Å². The van der Waals surface area contributed by atoms with Crippen molar-refractivity contribution < 1.29 is 12.8 Å². The zero-order valence-corrected chi connectivity index (χ0v) is 15.2. The second-order valence-corrected chi connectivity index (χ2v) is 8.37. The van der Waals surface area contributed by atoms with Gasteiger partial charge in [-0.1, -0.05) is 29.8 Å². The Hall–Kier alpha value is -1.34. The number of benzene rings is 1. The summed E-state index contributed by atoms with van der Waals surface area (Å²) in [7, 11) is -1.55. The van der Waals surface area contributed by atoms with E-state index in [1.807, 2.05) is 36.2 Å². The van der Waals surface area contributed by atoms with Crippen molar-refractivity contribution in [3.63, 3.8) is 0 Å². The molecule has 24 heavy (non-hydrogen) atoms. The molecule has 0 amide bonds. The van der Waals surface area contributed by atoms with Crippen molar-refractivity contribution in [1.82, 2.24) is 9.21 Å². The molecule has 0 radical (unpaired) electrons. The van der Waals surface area contributed by atoms with E-state index in [-0.39, 0.29) is 5.09 Å². The number of furan rings is 1. The van der Waals surface area contributed by atoms with E-state index in [0.717, 1.165) is 23.4 Å². The molecule has 7 heteroatoms. The lowest BCUT2D eigenvalue weighted by Crippen LogP contribution is -2.27. The predicted octanol–water partition coefficient (Wildman–Crippen LogP) is 3.35. The van der Waals surface area contributed by atoms with Crippen molar-refractivity contribution in [2.75, 3.05) is 20.1 Å². The highest BCUT2D eigenvalue weighted by molar-refractivity contribution is 7.89. The van der Waals surface area contributed by atoms with Crippen molar-refractivity contribution in [3.8, 4) is 0 Å². The molecule has 2 aromatic rings. The van der Waals surface area contributed by atoms with E-state index >= 15 is 0 Å². The van der Waals surface area contributed by atoms with Crippen LogP contribution in [0.3, 0.4) is 0 Å². The fourth-order valence-electron chi connectivity index (χ4n) is 2.88. The van der Waals surface area contributed by atoms with Crippen LogP contribution in [0.1, 0.15) is 24.2 Å². The van der Waals surface area contributed by atoms with Crippen LogP contribution in [-0.4, -0.2) is 37.8 Å². The molecule has 1 aliphatic heterocycles.